The van der Waals surface area contributed by atoms with Crippen LogP contribution in [0.1, 0.15) is 16.9 Å². The SMILES string of the molecule is Cc1oc2c(Br)cc(CO)cc2c1C. The first-order chi connectivity index (χ1) is 6.63. The largest absolute Gasteiger partial charge is 0.460 e. The Kier molecular flexibility index (Phi) is 2.37. The van der Waals surface area contributed by atoms with E-state index in [9.17, 15) is 0 Å². The van der Waals surface area contributed by atoms with Gasteiger partial charge in [0.2, 0.25) is 0 Å². The fraction of sp³-hybridized carbons (Fsp3) is 0.273. The van der Waals surface area contributed by atoms with Gasteiger partial charge in [-0.1, -0.05) is 0 Å². The highest BCUT2D eigenvalue weighted by atomic mass is 79.9. The maximum atomic E-state index is 9.07. The van der Waals surface area contributed by atoms with Gasteiger partial charge < -0.3 is 9.52 Å². The zero-order valence-corrected chi connectivity index (χ0v) is 9.68. The Morgan fingerprint density at radius 2 is 2.07 bits per heavy atom. The average Bonchev–Trinajstić information content (AvgIpc) is 2.45. The normalized spacial score (nSPS) is 11.1. The highest BCUT2D eigenvalue weighted by molar-refractivity contribution is 9.10. The molecule has 1 aromatic carbocycles. The van der Waals surface area contributed by atoms with Gasteiger partial charge in [0.05, 0.1) is 11.1 Å². The quantitative estimate of drug-likeness (QED) is 0.848. The Hall–Kier alpha value is -0.800. The molecule has 0 aliphatic carbocycles. The van der Waals surface area contributed by atoms with Crippen molar-refractivity contribution in [3.63, 3.8) is 0 Å². The van der Waals surface area contributed by atoms with E-state index in [1.807, 2.05) is 26.0 Å². The molecule has 1 heterocycles. The lowest BCUT2D eigenvalue weighted by Gasteiger charge is -1.98. The van der Waals surface area contributed by atoms with E-state index < -0.39 is 0 Å². The summed E-state index contributed by atoms with van der Waals surface area (Å²) >= 11 is 3.43. The molecule has 0 saturated carbocycles. The topological polar surface area (TPSA) is 33.4 Å². The summed E-state index contributed by atoms with van der Waals surface area (Å²) in [5, 5.41) is 10.1. The van der Waals surface area contributed by atoms with Gasteiger partial charge in [-0.2, -0.15) is 0 Å². The first-order valence-electron chi connectivity index (χ1n) is 4.42. The van der Waals surface area contributed by atoms with Crippen molar-refractivity contribution < 1.29 is 9.52 Å². The van der Waals surface area contributed by atoms with Crippen molar-refractivity contribution in [2.45, 2.75) is 20.5 Å². The first-order valence-corrected chi connectivity index (χ1v) is 5.21. The van der Waals surface area contributed by atoms with Crippen LogP contribution in [0.15, 0.2) is 21.0 Å². The Bertz CT molecular complexity index is 485. The van der Waals surface area contributed by atoms with Gasteiger partial charge in [0.15, 0.2) is 0 Å². The van der Waals surface area contributed by atoms with Gasteiger partial charge >= 0.3 is 0 Å². The number of fused-ring (bicyclic) bond motifs is 1. The van der Waals surface area contributed by atoms with Gasteiger partial charge in [-0.05, 0) is 53.0 Å². The Balaban J connectivity index is 2.83. The molecule has 0 aliphatic rings. The Morgan fingerprint density at radius 1 is 1.36 bits per heavy atom. The number of furan rings is 1. The van der Waals surface area contributed by atoms with E-state index in [-0.39, 0.29) is 6.61 Å². The second-order valence-electron chi connectivity index (χ2n) is 3.40. The van der Waals surface area contributed by atoms with E-state index in [4.69, 9.17) is 9.52 Å². The lowest BCUT2D eigenvalue weighted by molar-refractivity contribution is 0.282. The molecule has 2 nitrogen and oxygen atoms in total. The van der Waals surface area contributed by atoms with Crippen LogP contribution in [0, 0.1) is 13.8 Å². The number of aliphatic hydroxyl groups excluding tert-OH is 1. The number of aryl methyl sites for hydroxylation is 2. The number of benzene rings is 1. The molecule has 74 valence electrons. The van der Waals surface area contributed by atoms with Crippen LogP contribution in [0.2, 0.25) is 0 Å². The maximum absolute atomic E-state index is 9.07. The molecule has 0 atom stereocenters. The molecule has 0 saturated heterocycles. The average molecular weight is 255 g/mol. The first kappa shape index (κ1) is 9.74. The molecule has 2 aromatic rings. The van der Waals surface area contributed by atoms with Crippen LogP contribution in [0.25, 0.3) is 11.0 Å². The number of halogens is 1. The molecule has 0 bridgehead atoms. The zero-order chi connectivity index (χ0) is 10.3. The van der Waals surface area contributed by atoms with Crippen molar-refractivity contribution in [1.82, 2.24) is 0 Å². The third-order valence-electron chi connectivity index (χ3n) is 2.47. The second kappa shape index (κ2) is 3.41. The summed E-state index contributed by atoms with van der Waals surface area (Å²) in [4.78, 5) is 0. The summed E-state index contributed by atoms with van der Waals surface area (Å²) in [5.41, 5.74) is 2.89. The molecule has 1 N–H and O–H groups in total. The predicted octanol–water partition coefficient (Wildman–Crippen LogP) is 3.30. The van der Waals surface area contributed by atoms with Crippen molar-refractivity contribution in [2.24, 2.45) is 0 Å². The van der Waals surface area contributed by atoms with E-state index >= 15 is 0 Å². The Morgan fingerprint density at radius 3 is 2.71 bits per heavy atom. The third kappa shape index (κ3) is 1.37. The molecule has 0 aliphatic heterocycles. The molecule has 1 aromatic heterocycles. The summed E-state index contributed by atoms with van der Waals surface area (Å²) in [7, 11) is 0. The van der Waals surface area contributed by atoms with Crippen LogP contribution >= 0.6 is 15.9 Å². The summed E-state index contributed by atoms with van der Waals surface area (Å²) in [6.45, 7) is 4.02. The second-order valence-corrected chi connectivity index (χ2v) is 4.25. The minimum atomic E-state index is 0.0538. The van der Waals surface area contributed by atoms with Crippen LogP contribution in [0.4, 0.5) is 0 Å². The summed E-state index contributed by atoms with van der Waals surface area (Å²) in [6.07, 6.45) is 0. The molecule has 3 heteroatoms. The number of hydrogen-bond donors (Lipinski definition) is 1. The van der Waals surface area contributed by atoms with Gasteiger partial charge in [-0.25, -0.2) is 0 Å². The van der Waals surface area contributed by atoms with Crippen molar-refractivity contribution in [3.8, 4) is 0 Å². The van der Waals surface area contributed by atoms with E-state index in [1.165, 1.54) is 0 Å². The van der Waals surface area contributed by atoms with E-state index in [0.29, 0.717) is 0 Å². The molecule has 14 heavy (non-hydrogen) atoms. The number of rotatable bonds is 1. The standard InChI is InChI=1S/C11H11BrO2/c1-6-7(2)14-11-9(6)3-8(5-13)4-10(11)12/h3-4,13H,5H2,1-2H3. The van der Waals surface area contributed by atoms with Gasteiger partial charge in [0.1, 0.15) is 11.3 Å². The highest BCUT2D eigenvalue weighted by Gasteiger charge is 2.10. The fourth-order valence-electron chi connectivity index (χ4n) is 1.54. The molecule has 0 unspecified atom stereocenters. The van der Waals surface area contributed by atoms with Gasteiger partial charge in [0, 0.05) is 5.39 Å². The minimum absolute atomic E-state index is 0.0538. The van der Waals surface area contributed by atoms with Crippen LogP contribution in [-0.2, 0) is 6.61 Å². The minimum Gasteiger partial charge on any atom is -0.460 e. The molecular weight excluding hydrogens is 244 g/mol. The molecular formula is C11H11BrO2. The lowest BCUT2D eigenvalue weighted by atomic mass is 10.1. The van der Waals surface area contributed by atoms with E-state index in [1.54, 1.807) is 0 Å². The number of aliphatic hydroxyl groups is 1. The molecule has 0 fully saturated rings. The monoisotopic (exact) mass is 254 g/mol. The van der Waals surface area contributed by atoms with Crippen LogP contribution in [0.5, 0.6) is 0 Å². The van der Waals surface area contributed by atoms with E-state index in [0.717, 1.165) is 32.3 Å². The van der Waals surface area contributed by atoms with Gasteiger partial charge in [0.25, 0.3) is 0 Å². The smallest absolute Gasteiger partial charge is 0.148 e. The van der Waals surface area contributed by atoms with Crippen LogP contribution in [-0.4, -0.2) is 5.11 Å². The molecule has 0 spiro atoms. The molecule has 0 amide bonds. The number of hydrogen-bond acceptors (Lipinski definition) is 2. The molecule has 0 radical (unpaired) electrons. The summed E-state index contributed by atoms with van der Waals surface area (Å²) < 4.78 is 6.50. The van der Waals surface area contributed by atoms with Crippen LogP contribution in [0.3, 0.4) is 0 Å². The maximum Gasteiger partial charge on any atom is 0.148 e. The highest BCUT2D eigenvalue weighted by Crippen LogP contribution is 2.31. The summed E-state index contributed by atoms with van der Waals surface area (Å²) in [5.74, 6) is 0.927. The van der Waals surface area contributed by atoms with Crippen LogP contribution < -0.4 is 0 Å². The Labute approximate surface area is 90.7 Å². The van der Waals surface area contributed by atoms with Crippen molar-refractivity contribution in [2.75, 3.05) is 0 Å². The zero-order valence-electron chi connectivity index (χ0n) is 8.10. The molecule has 2 rings (SSSR count). The third-order valence-corrected chi connectivity index (χ3v) is 3.06. The van der Waals surface area contributed by atoms with Gasteiger partial charge in [-0.15, -0.1) is 0 Å². The van der Waals surface area contributed by atoms with Crippen molar-refractivity contribution in [1.29, 1.82) is 0 Å². The predicted molar refractivity (Wildman–Crippen MR) is 59.3 cm³/mol. The van der Waals surface area contributed by atoms with E-state index in [2.05, 4.69) is 15.9 Å². The summed E-state index contributed by atoms with van der Waals surface area (Å²) in [6, 6.07) is 3.84. The lowest BCUT2D eigenvalue weighted by Crippen LogP contribution is -1.83. The van der Waals surface area contributed by atoms with Crippen molar-refractivity contribution in [3.05, 3.63) is 33.5 Å². The van der Waals surface area contributed by atoms with Gasteiger partial charge in [-0.3, -0.25) is 0 Å². The van der Waals surface area contributed by atoms with Crippen molar-refractivity contribution >= 4 is 26.9 Å². The fourth-order valence-corrected chi connectivity index (χ4v) is 2.13.